The number of benzene rings is 1. The van der Waals surface area contributed by atoms with E-state index in [2.05, 4.69) is 25.6 Å². The molecule has 2 nitrogen and oxygen atoms in total. The normalized spacial score (nSPS) is 9.92. The summed E-state index contributed by atoms with van der Waals surface area (Å²) in [6.07, 6.45) is 0. The van der Waals surface area contributed by atoms with Crippen molar-refractivity contribution < 1.29 is 10.5 Å². The van der Waals surface area contributed by atoms with Crippen LogP contribution in [0.5, 0.6) is 5.75 Å². The van der Waals surface area contributed by atoms with Gasteiger partial charge < -0.3 is 10.5 Å². The van der Waals surface area contributed by atoms with Crippen LogP contribution in [-0.2, 0) is 0 Å². The Morgan fingerprint density at radius 3 is 2.75 bits per heavy atom. The molecular weight excluding hydrogens is 150 g/mol. The SMILES string of the molecule is Cc1cccc(OCC[NH3+])c1C. The predicted molar refractivity (Wildman–Crippen MR) is 49.2 cm³/mol. The topological polar surface area (TPSA) is 36.9 Å². The summed E-state index contributed by atoms with van der Waals surface area (Å²) in [5.41, 5.74) is 6.23. The fourth-order valence-electron chi connectivity index (χ4n) is 1.06. The lowest BCUT2D eigenvalue weighted by Crippen LogP contribution is -2.52. The Labute approximate surface area is 73.3 Å². The van der Waals surface area contributed by atoms with Crippen LogP contribution in [0.4, 0.5) is 0 Å². The third-order valence-corrected chi connectivity index (χ3v) is 1.96. The zero-order valence-electron chi connectivity index (χ0n) is 7.76. The van der Waals surface area contributed by atoms with Gasteiger partial charge in [-0.2, -0.15) is 0 Å². The van der Waals surface area contributed by atoms with E-state index in [1.54, 1.807) is 0 Å². The highest BCUT2D eigenvalue weighted by Gasteiger charge is 2.00. The Balaban J connectivity index is 2.78. The lowest BCUT2D eigenvalue weighted by molar-refractivity contribution is -0.370. The zero-order chi connectivity index (χ0) is 8.97. The average molecular weight is 166 g/mol. The number of quaternary nitrogens is 1. The Bertz CT molecular complexity index is 258. The summed E-state index contributed by atoms with van der Waals surface area (Å²) in [4.78, 5) is 0. The van der Waals surface area contributed by atoms with Crippen molar-refractivity contribution in [3.05, 3.63) is 29.3 Å². The Kier molecular flexibility index (Phi) is 3.11. The molecule has 0 radical (unpaired) electrons. The van der Waals surface area contributed by atoms with Gasteiger partial charge in [-0.25, -0.2) is 0 Å². The Morgan fingerprint density at radius 1 is 1.33 bits per heavy atom. The van der Waals surface area contributed by atoms with E-state index in [1.807, 2.05) is 12.1 Å². The summed E-state index contributed by atoms with van der Waals surface area (Å²) in [5, 5.41) is 0. The predicted octanol–water partition coefficient (Wildman–Crippen LogP) is 0.924. The molecule has 3 N–H and O–H groups in total. The van der Waals surface area contributed by atoms with Gasteiger partial charge in [-0.05, 0) is 31.0 Å². The van der Waals surface area contributed by atoms with Gasteiger partial charge in [0, 0.05) is 0 Å². The van der Waals surface area contributed by atoms with Gasteiger partial charge >= 0.3 is 0 Å². The van der Waals surface area contributed by atoms with Crippen LogP contribution in [0.25, 0.3) is 0 Å². The molecule has 0 spiro atoms. The van der Waals surface area contributed by atoms with E-state index in [0.29, 0.717) is 6.61 Å². The van der Waals surface area contributed by atoms with Gasteiger partial charge in [0.1, 0.15) is 18.9 Å². The van der Waals surface area contributed by atoms with Gasteiger partial charge in [-0.1, -0.05) is 12.1 Å². The van der Waals surface area contributed by atoms with Crippen LogP contribution >= 0.6 is 0 Å². The minimum absolute atomic E-state index is 0.699. The van der Waals surface area contributed by atoms with Crippen LogP contribution in [-0.4, -0.2) is 13.2 Å². The summed E-state index contributed by atoms with van der Waals surface area (Å²) in [5.74, 6) is 0.985. The van der Waals surface area contributed by atoms with Crippen molar-refractivity contribution in [3.8, 4) is 5.75 Å². The highest BCUT2D eigenvalue weighted by atomic mass is 16.5. The fourth-order valence-corrected chi connectivity index (χ4v) is 1.06. The number of hydrogen-bond acceptors (Lipinski definition) is 1. The molecule has 0 atom stereocenters. The van der Waals surface area contributed by atoms with Gasteiger partial charge in [0.2, 0.25) is 0 Å². The van der Waals surface area contributed by atoms with Crippen LogP contribution in [0.2, 0.25) is 0 Å². The highest BCUT2D eigenvalue weighted by Crippen LogP contribution is 2.19. The third kappa shape index (κ3) is 1.98. The maximum Gasteiger partial charge on any atom is 0.137 e. The molecule has 0 aromatic heterocycles. The van der Waals surface area contributed by atoms with Crippen molar-refractivity contribution in [2.75, 3.05) is 13.2 Å². The molecule has 0 saturated carbocycles. The summed E-state index contributed by atoms with van der Waals surface area (Å²) in [7, 11) is 0. The van der Waals surface area contributed by atoms with E-state index in [0.717, 1.165) is 12.3 Å². The van der Waals surface area contributed by atoms with E-state index < -0.39 is 0 Å². The third-order valence-electron chi connectivity index (χ3n) is 1.96. The van der Waals surface area contributed by atoms with Crippen molar-refractivity contribution in [2.45, 2.75) is 13.8 Å². The summed E-state index contributed by atoms with van der Waals surface area (Å²) < 4.78 is 5.50. The highest BCUT2D eigenvalue weighted by molar-refractivity contribution is 5.38. The van der Waals surface area contributed by atoms with E-state index in [9.17, 15) is 0 Å². The zero-order valence-corrected chi connectivity index (χ0v) is 7.76. The second-order valence-corrected chi connectivity index (χ2v) is 2.90. The van der Waals surface area contributed by atoms with Gasteiger partial charge in [0.25, 0.3) is 0 Å². The van der Waals surface area contributed by atoms with Crippen LogP contribution in [0.1, 0.15) is 11.1 Å². The van der Waals surface area contributed by atoms with Gasteiger partial charge in [0.05, 0.1) is 0 Å². The average Bonchev–Trinajstić information content (AvgIpc) is 2.08. The van der Waals surface area contributed by atoms with Gasteiger partial charge in [-0.3, -0.25) is 0 Å². The fraction of sp³-hybridized carbons (Fsp3) is 0.400. The molecule has 0 heterocycles. The molecule has 0 aliphatic carbocycles. The quantitative estimate of drug-likeness (QED) is 0.712. The van der Waals surface area contributed by atoms with E-state index in [-0.39, 0.29) is 0 Å². The first-order chi connectivity index (χ1) is 5.75. The second kappa shape index (κ2) is 4.12. The molecule has 1 aromatic rings. The van der Waals surface area contributed by atoms with Crippen LogP contribution < -0.4 is 10.5 Å². The smallest absolute Gasteiger partial charge is 0.137 e. The molecular formula is C10H16NO+. The number of rotatable bonds is 3. The molecule has 0 aliphatic heterocycles. The van der Waals surface area contributed by atoms with E-state index in [4.69, 9.17) is 4.74 Å². The lowest BCUT2D eigenvalue weighted by Gasteiger charge is -2.08. The maximum atomic E-state index is 5.50. The standard InChI is InChI=1S/C10H15NO/c1-8-4-3-5-10(9(8)2)12-7-6-11/h3-5H,6-7,11H2,1-2H3/p+1. The minimum atomic E-state index is 0.699. The summed E-state index contributed by atoms with van der Waals surface area (Å²) in [6, 6.07) is 6.10. The molecule has 1 aromatic carbocycles. The molecule has 12 heavy (non-hydrogen) atoms. The molecule has 0 amide bonds. The molecule has 0 aliphatic rings. The van der Waals surface area contributed by atoms with Crippen molar-refractivity contribution in [1.29, 1.82) is 0 Å². The maximum absolute atomic E-state index is 5.50. The first-order valence-corrected chi connectivity index (χ1v) is 4.24. The lowest BCUT2D eigenvalue weighted by atomic mass is 10.1. The van der Waals surface area contributed by atoms with Gasteiger partial charge in [-0.15, -0.1) is 0 Å². The van der Waals surface area contributed by atoms with Crippen LogP contribution in [0, 0.1) is 13.8 Å². The first-order valence-electron chi connectivity index (χ1n) is 4.24. The second-order valence-electron chi connectivity index (χ2n) is 2.90. The van der Waals surface area contributed by atoms with Crippen molar-refractivity contribution in [3.63, 3.8) is 0 Å². The van der Waals surface area contributed by atoms with E-state index in [1.165, 1.54) is 11.1 Å². The molecule has 0 saturated heterocycles. The molecule has 0 bridgehead atoms. The minimum Gasteiger partial charge on any atom is -0.487 e. The van der Waals surface area contributed by atoms with Crippen molar-refractivity contribution >= 4 is 0 Å². The monoisotopic (exact) mass is 166 g/mol. The van der Waals surface area contributed by atoms with Crippen LogP contribution in [0.15, 0.2) is 18.2 Å². The number of ether oxygens (including phenoxy) is 1. The summed E-state index contributed by atoms with van der Waals surface area (Å²) >= 11 is 0. The van der Waals surface area contributed by atoms with E-state index >= 15 is 0 Å². The molecule has 0 fully saturated rings. The number of aryl methyl sites for hydroxylation is 1. The van der Waals surface area contributed by atoms with Gasteiger partial charge in [0.15, 0.2) is 0 Å². The number of hydrogen-bond donors (Lipinski definition) is 1. The summed E-state index contributed by atoms with van der Waals surface area (Å²) in [6.45, 7) is 5.68. The van der Waals surface area contributed by atoms with Crippen molar-refractivity contribution in [1.82, 2.24) is 0 Å². The Hall–Kier alpha value is -1.02. The molecule has 2 heteroatoms. The first kappa shape index (κ1) is 9.07. The molecule has 1 rings (SSSR count). The molecule has 66 valence electrons. The molecule has 0 unspecified atom stereocenters. The van der Waals surface area contributed by atoms with Crippen LogP contribution in [0.3, 0.4) is 0 Å². The Morgan fingerprint density at radius 2 is 2.08 bits per heavy atom. The largest absolute Gasteiger partial charge is 0.487 e. The van der Waals surface area contributed by atoms with Crippen molar-refractivity contribution in [2.24, 2.45) is 0 Å².